The van der Waals surface area contributed by atoms with Crippen molar-refractivity contribution in [3.8, 4) is 0 Å². The van der Waals surface area contributed by atoms with E-state index in [4.69, 9.17) is 0 Å². The third kappa shape index (κ3) is 6.99. The lowest BCUT2D eigenvalue weighted by molar-refractivity contribution is -0.137. The van der Waals surface area contributed by atoms with Crippen LogP contribution in [0.25, 0.3) is 0 Å². The first-order valence-corrected chi connectivity index (χ1v) is 13.4. The summed E-state index contributed by atoms with van der Waals surface area (Å²) in [5, 5.41) is 8.60. The van der Waals surface area contributed by atoms with Gasteiger partial charge < -0.3 is 25.8 Å². The topological polar surface area (TPSA) is 120 Å². The lowest BCUT2D eigenvalue weighted by Gasteiger charge is -2.34. The molecule has 0 unspecified atom stereocenters. The van der Waals surface area contributed by atoms with Crippen LogP contribution in [0, 0.1) is 5.92 Å². The van der Waals surface area contributed by atoms with Crippen LogP contribution in [0.15, 0.2) is 30.5 Å². The molecule has 3 amide bonds. The van der Waals surface area contributed by atoms with Gasteiger partial charge in [-0.05, 0) is 51.0 Å². The van der Waals surface area contributed by atoms with E-state index in [0.717, 1.165) is 0 Å². The number of carbonyl (C=O) groups is 3. The smallest absolute Gasteiger partial charge is 0.366 e. The summed E-state index contributed by atoms with van der Waals surface area (Å²) in [5.74, 6) is -1.30. The molecule has 4 rings (SSSR count). The van der Waals surface area contributed by atoms with Gasteiger partial charge in [0.15, 0.2) is 0 Å². The van der Waals surface area contributed by atoms with Crippen molar-refractivity contribution in [3.05, 3.63) is 41.6 Å². The predicted molar refractivity (Wildman–Crippen MR) is 143 cm³/mol. The Morgan fingerprint density at radius 1 is 1.00 bits per heavy atom. The molecule has 2 fully saturated rings. The molecule has 10 nitrogen and oxygen atoms in total. The van der Waals surface area contributed by atoms with E-state index in [1.807, 2.05) is 13.8 Å². The molecule has 2 heterocycles. The first kappa shape index (κ1) is 29.1. The van der Waals surface area contributed by atoms with Crippen LogP contribution in [-0.2, 0) is 15.8 Å². The van der Waals surface area contributed by atoms with E-state index in [9.17, 15) is 27.6 Å². The van der Waals surface area contributed by atoms with Crippen molar-refractivity contribution in [3.63, 3.8) is 0 Å². The first-order valence-electron chi connectivity index (χ1n) is 13.4. The number of nitrogens with one attached hydrogen (secondary N) is 3. The van der Waals surface area contributed by atoms with Crippen molar-refractivity contribution in [1.29, 1.82) is 0 Å². The van der Waals surface area contributed by atoms with Gasteiger partial charge in [0.1, 0.15) is 11.4 Å². The van der Waals surface area contributed by atoms with Gasteiger partial charge >= 0.3 is 6.18 Å². The van der Waals surface area contributed by atoms with Crippen LogP contribution in [0.4, 0.5) is 30.6 Å². The highest BCUT2D eigenvalue weighted by molar-refractivity contribution is 5.94. The highest BCUT2D eigenvalue weighted by atomic mass is 19.4. The van der Waals surface area contributed by atoms with Crippen molar-refractivity contribution in [2.75, 3.05) is 36.8 Å². The SMILES string of the molecule is CC(=O)N1CCN(C(=O)c2ccc(Nc3ncc(C(F)(F)F)c(N[C@@H]4CCC[C@@H]4C(=O)NC(C)C)n3)cc2)CC1. The standard InChI is InChI=1S/C27H34F3N7O3/c1-16(2)32-24(39)20-5-4-6-22(20)34-23-21(27(28,29)30)15-31-26(35-23)33-19-9-7-18(8-10-19)25(40)37-13-11-36(12-14-37)17(3)38/h7-10,15-16,20,22H,4-6,11-14H2,1-3H3,(H,32,39)(H2,31,33,34,35)/t20-,22+/m0/s1. The molecule has 1 aromatic heterocycles. The fourth-order valence-electron chi connectivity index (χ4n) is 5.01. The quantitative estimate of drug-likeness (QED) is 0.472. The minimum atomic E-state index is -4.69. The number of piperazine rings is 1. The Kier molecular flexibility index (Phi) is 8.79. The Labute approximate surface area is 230 Å². The van der Waals surface area contributed by atoms with Crippen molar-refractivity contribution >= 4 is 35.2 Å². The number of amides is 3. The van der Waals surface area contributed by atoms with E-state index in [1.54, 1.807) is 34.1 Å². The van der Waals surface area contributed by atoms with Crippen molar-refractivity contribution in [2.45, 2.75) is 58.3 Å². The summed E-state index contributed by atoms with van der Waals surface area (Å²) < 4.78 is 41.3. The lowest BCUT2D eigenvalue weighted by atomic mass is 10.0. The highest BCUT2D eigenvalue weighted by Crippen LogP contribution is 2.36. The number of anilines is 3. The van der Waals surface area contributed by atoms with Crippen molar-refractivity contribution in [2.24, 2.45) is 5.92 Å². The van der Waals surface area contributed by atoms with Gasteiger partial charge in [0.05, 0.1) is 5.92 Å². The molecule has 2 atom stereocenters. The van der Waals surface area contributed by atoms with E-state index in [2.05, 4.69) is 25.9 Å². The summed E-state index contributed by atoms with van der Waals surface area (Å²) in [5.41, 5.74) is -0.0815. The van der Waals surface area contributed by atoms with Gasteiger partial charge in [-0.25, -0.2) is 4.98 Å². The molecular formula is C27H34F3N7O3. The summed E-state index contributed by atoms with van der Waals surface area (Å²) in [6.07, 6.45) is -2.14. The molecule has 0 bridgehead atoms. The van der Waals surface area contributed by atoms with Crippen LogP contribution in [0.5, 0.6) is 0 Å². The normalized spacial score (nSPS) is 19.5. The fraction of sp³-hybridized carbons (Fsp3) is 0.519. The van der Waals surface area contributed by atoms with Gasteiger partial charge in [-0.15, -0.1) is 0 Å². The van der Waals surface area contributed by atoms with Gasteiger partial charge in [0.25, 0.3) is 5.91 Å². The molecule has 1 aliphatic heterocycles. The van der Waals surface area contributed by atoms with Crippen LogP contribution in [0.2, 0.25) is 0 Å². The second-order valence-electron chi connectivity index (χ2n) is 10.4. The third-order valence-corrected chi connectivity index (χ3v) is 7.10. The average molecular weight is 562 g/mol. The van der Waals surface area contributed by atoms with Crippen LogP contribution in [-0.4, -0.2) is 75.8 Å². The summed E-state index contributed by atoms with van der Waals surface area (Å²) in [4.78, 5) is 48.3. The molecule has 3 N–H and O–H groups in total. The Hall–Kier alpha value is -3.90. The molecule has 2 aromatic rings. The summed E-state index contributed by atoms with van der Waals surface area (Å²) in [6, 6.07) is 5.90. The summed E-state index contributed by atoms with van der Waals surface area (Å²) in [7, 11) is 0. The molecular weight excluding hydrogens is 527 g/mol. The third-order valence-electron chi connectivity index (χ3n) is 7.10. The molecule has 40 heavy (non-hydrogen) atoms. The summed E-state index contributed by atoms with van der Waals surface area (Å²) in [6.45, 7) is 7.00. The maximum atomic E-state index is 13.8. The Balaban J connectivity index is 1.46. The van der Waals surface area contributed by atoms with Gasteiger partial charge in [0, 0.05) is 62.6 Å². The van der Waals surface area contributed by atoms with Crippen molar-refractivity contribution < 1.29 is 27.6 Å². The minimum absolute atomic E-state index is 0.0222. The number of carbonyl (C=O) groups excluding carboxylic acids is 3. The van der Waals surface area contributed by atoms with E-state index in [1.165, 1.54) is 6.92 Å². The van der Waals surface area contributed by atoms with E-state index in [-0.39, 0.29) is 29.7 Å². The largest absolute Gasteiger partial charge is 0.421 e. The van der Waals surface area contributed by atoms with Crippen LogP contribution in [0.1, 0.15) is 56.0 Å². The minimum Gasteiger partial charge on any atom is -0.366 e. The Morgan fingerprint density at radius 2 is 1.65 bits per heavy atom. The van der Waals surface area contributed by atoms with Gasteiger partial charge in [-0.1, -0.05) is 6.42 Å². The zero-order valence-electron chi connectivity index (χ0n) is 22.7. The van der Waals surface area contributed by atoms with Crippen LogP contribution < -0.4 is 16.0 Å². The van der Waals surface area contributed by atoms with E-state index < -0.39 is 29.5 Å². The second kappa shape index (κ2) is 12.1. The molecule has 1 saturated heterocycles. The molecule has 1 saturated carbocycles. The van der Waals surface area contributed by atoms with Gasteiger partial charge in [-0.3, -0.25) is 14.4 Å². The van der Waals surface area contributed by atoms with Gasteiger partial charge in [0.2, 0.25) is 17.8 Å². The predicted octanol–water partition coefficient (Wildman–Crippen LogP) is 3.65. The van der Waals surface area contributed by atoms with Crippen LogP contribution in [0.3, 0.4) is 0 Å². The van der Waals surface area contributed by atoms with Crippen LogP contribution >= 0.6 is 0 Å². The molecule has 0 spiro atoms. The molecule has 1 aliphatic carbocycles. The van der Waals surface area contributed by atoms with Gasteiger partial charge in [-0.2, -0.15) is 18.2 Å². The number of hydrogen-bond acceptors (Lipinski definition) is 7. The fourth-order valence-corrected chi connectivity index (χ4v) is 5.01. The van der Waals surface area contributed by atoms with Crippen molar-refractivity contribution in [1.82, 2.24) is 25.1 Å². The number of benzene rings is 1. The molecule has 216 valence electrons. The highest BCUT2D eigenvalue weighted by Gasteiger charge is 2.39. The van der Waals surface area contributed by atoms with E-state index in [0.29, 0.717) is 62.9 Å². The number of rotatable bonds is 7. The van der Waals surface area contributed by atoms with E-state index >= 15 is 0 Å². The average Bonchev–Trinajstić information content (AvgIpc) is 3.36. The molecule has 2 aliphatic rings. The number of halogens is 3. The zero-order chi connectivity index (χ0) is 29.0. The number of nitrogens with zero attached hydrogens (tertiary/aromatic N) is 4. The maximum absolute atomic E-state index is 13.8. The number of hydrogen-bond donors (Lipinski definition) is 3. The molecule has 13 heteroatoms. The first-order chi connectivity index (χ1) is 18.9. The lowest BCUT2D eigenvalue weighted by Crippen LogP contribution is -2.50. The maximum Gasteiger partial charge on any atom is 0.421 e. The zero-order valence-corrected chi connectivity index (χ0v) is 22.7. The monoisotopic (exact) mass is 561 g/mol. The second-order valence-corrected chi connectivity index (χ2v) is 10.4. The Morgan fingerprint density at radius 3 is 2.25 bits per heavy atom. The Bertz CT molecular complexity index is 1230. The number of alkyl halides is 3. The number of aromatic nitrogens is 2. The molecule has 0 radical (unpaired) electrons. The summed E-state index contributed by atoms with van der Waals surface area (Å²) >= 11 is 0. The molecule has 1 aromatic carbocycles.